The molecule has 0 radical (unpaired) electrons. The Balaban J connectivity index is 1.96. The lowest BCUT2D eigenvalue weighted by Crippen LogP contribution is -2.46. The van der Waals surface area contributed by atoms with E-state index in [1.54, 1.807) is 20.8 Å². The molecule has 1 unspecified atom stereocenters. The van der Waals surface area contributed by atoms with Crippen LogP contribution in [0.5, 0.6) is 0 Å². The van der Waals surface area contributed by atoms with Gasteiger partial charge in [-0.05, 0) is 63.3 Å². The molecule has 2 N–H and O–H groups in total. The van der Waals surface area contributed by atoms with Crippen LogP contribution in [0, 0.1) is 0 Å². The van der Waals surface area contributed by atoms with Crippen molar-refractivity contribution in [2.24, 2.45) is 0 Å². The molecule has 0 bridgehead atoms. The Morgan fingerprint density at radius 2 is 1.94 bits per heavy atom. The number of fused-ring (bicyclic) bond motifs is 1. The van der Waals surface area contributed by atoms with E-state index in [1.165, 1.54) is 17.0 Å². The van der Waals surface area contributed by atoms with E-state index in [9.17, 15) is 28.0 Å². The molecule has 1 heterocycles. The van der Waals surface area contributed by atoms with E-state index >= 15 is 0 Å². The minimum atomic E-state index is -2.85. The predicted molar refractivity (Wildman–Crippen MR) is 114 cm³/mol. The highest BCUT2D eigenvalue weighted by atomic mass is 19.3. The van der Waals surface area contributed by atoms with Crippen molar-refractivity contribution in [1.82, 2.24) is 15.5 Å². The Morgan fingerprint density at radius 1 is 1.27 bits per heavy atom. The van der Waals surface area contributed by atoms with Gasteiger partial charge in [0.25, 0.3) is 12.3 Å². The van der Waals surface area contributed by atoms with Gasteiger partial charge in [-0.15, -0.1) is 0 Å². The molecule has 1 aliphatic carbocycles. The minimum Gasteiger partial charge on any atom is -0.444 e. The number of nitrogens with zero attached hydrogens (tertiary/aromatic N) is 1. The SMILES string of the molecule is CCCC(C(=O)NC=O)N1Cc2c(cc(C3(NC(=O)OC(C)(C)C)CC3)cc2C(F)F)C1=O. The summed E-state index contributed by atoms with van der Waals surface area (Å²) in [6, 6.07) is 1.89. The molecule has 1 saturated carbocycles. The molecule has 4 amide bonds. The normalized spacial score (nSPS) is 17.4. The lowest BCUT2D eigenvalue weighted by molar-refractivity contribution is -0.129. The van der Waals surface area contributed by atoms with Crippen LogP contribution in [0.25, 0.3) is 0 Å². The van der Waals surface area contributed by atoms with E-state index in [1.807, 2.05) is 6.92 Å². The molecule has 1 atom stereocenters. The maximum Gasteiger partial charge on any atom is 0.408 e. The molecule has 0 saturated heterocycles. The molecule has 1 fully saturated rings. The zero-order chi connectivity index (χ0) is 24.6. The molecule has 2 aliphatic rings. The second kappa shape index (κ2) is 9.07. The number of halogens is 2. The summed E-state index contributed by atoms with van der Waals surface area (Å²) in [6.07, 6.45) is -1.41. The number of rotatable bonds is 8. The molecule has 10 heteroatoms. The quantitative estimate of drug-likeness (QED) is 0.572. The zero-order valence-corrected chi connectivity index (χ0v) is 19.2. The monoisotopic (exact) mass is 465 g/mol. The third kappa shape index (κ3) is 5.15. The highest BCUT2D eigenvalue weighted by molar-refractivity contribution is 6.02. The number of hydrogen-bond acceptors (Lipinski definition) is 5. The lowest BCUT2D eigenvalue weighted by Gasteiger charge is -2.25. The van der Waals surface area contributed by atoms with Crippen molar-refractivity contribution in [1.29, 1.82) is 0 Å². The van der Waals surface area contributed by atoms with Crippen LogP contribution in [0.4, 0.5) is 13.6 Å². The molecular formula is C23H29F2N3O5. The number of alkyl carbamates (subject to hydrolysis) is 1. The second-order valence-electron chi connectivity index (χ2n) is 9.47. The van der Waals surface area contributed by atoms with Gasteiger partial charge in [-0.1, -0.05) is 13.3 Å². The van der Waals surface area contributed by atoms with Crippen molar-refractivity contribution in [3.8, 4) is 0 Å². The third-order valence-electron chi connectivity index (χ3n) is 5.82. The predicted octanol–water partition coefficient (Wildman–Crippen LogP) is 3.54. The Bertz CT molecular complexity index is 970. The first-order valence-electron chi connectivity index (χ1n) is 10.9. The van der Waals surface area contributed by atoms with E-state index in [0.717, 1.165) is 0 Å². The summed E-state index contributed by atoms with van der Waals surface area (Å²) in [5, 5.41) is 4.82. The maximum absolute atomic E-state index is 14.0. The minimum absolute atomic E-state index is 0.0834. The Morgan fingerprint density at radius 3 is 2.45 bits per heavy atom. The number of carbonyl (C=O) groups is 4. The number of imide groups is 1. The third-order valence-corrected chi connectivity index (χ3v) is 5.82. The zero-order valence-electron chi connectivity index (χ0n) is 19.2. The van der Waals surface area contributed by atoms with Crippen LogP contribution < -0.4 is 10.6 Å². The average Bonchev–Trinajstić information content (AvgIpc) is 3.41. The second-order valence-corrected chi connectivity index (χ2v) is 9.47. The number of benzene rings is 1. The van der Waals surface area contributed by atoms with Gasteiger partial charge in [0.15, 0.2) is 0 Å². The van der Waals surface area contributed by atoms with Crippen LogP contribution >= 0.6 is 0 Å². The average molecular weight is 465 g/mol. The first-order chi connectivity index (χ1) is 15.4. The van der Waals surface area contributed by atoms with Crippen molar-refractivity contribution in [3.63, 3.8) is 0 Å². The van der Waals surface area contributed by atoms with Crippen LogP contribution in [0.1, 0.15) is 86.9 Å². The van der Waals surface area contributed by atoms with E-state index in [4.69, 9.17) is 4.74 Å². The number of alkyl halides is 2. The highest BCUT2D eigenvalue weighted by Gasteiger charge is 2.48. The molecule has 1 aromatic rings. The topological polar surface area (TPSA) is 105 Å². The number of hydrogen-bond donors (Lipinski definition) is 2. The fourth-order valence-electron chi connectivity index (χ4n) is 4.15. The van der Waals surface area contributed by atoms with Gasteiger partial charge < -0.3 is 15.0 Å². The largest absolute Gasteiger partial charge is 0.444 e. The summed E-state index contributed by atoms with van der Waals surface area (Å²) < 4.78 is 33.3. The van der Waals surface area contributed by atoms with E-state index in [-0.39, 0.29) is 36.1 Å². The van der Waals surface area contributed by atoms with Crippen LogP contribution in [0.3, 0.4) is 0 Å². The van der Waals surface area contributed by atoms with Gasteiger partial charge in [0, 0.05) is 17.7 Å². The summed E-state index contributed by atoms with van der Waals surface area (Å²) >= 11 is 0. The maximum atomic E-state index is 14.0. The molecule has 33 heavy (non-hydrogen) atoms. The van der Waals surface area contributed by atoms with Crippen molar-refractivity contribution in [2.45, 2.75) is 83.5 Å². The van der Waals surface area contributed by atoms with Crippen LogP contribution in [0.15, 0.2) is 12.1 Å². The van der Waals surface area contributed by atoms with Gasteiger partial charge in [0.05, 0.1) is 5.54 Å². The fraction of sp³-hybridized carbons (Fsp3) is 0.565. The summed E-state index contributed by atoms with van der Waals surface area (Å²) in [6.45, 7) is 6.82. The number of amides is 4. The summed E-state index contributed by atoms with van der Waals surface area (Å²) in [5.74, 6) is -1.21. The van der Waals surface area contributed by atoms with Crippen molar-refractivity contribution in [3.05, 3.63) is 34.4 Å². The van der Waals surface area contributed by atoms with E-state index in [2.05, 4.69) is 10.6 Å². The van der Waals surface area contributed by atoms with Crippen molar-refractivity contribution >= 4 is 24.3 Å². The van der Waals surface area contributed by atoms with Crippen LogP contribution in [-0.2, 0) is 26.4 Å². The molecule has 3 rings (SSSR count). The standard InChI is InChI=1S/C23H29F2N3O5/c1-5-6-17(19(30)26-12-29)28-11-16-14(18(24)25)9-13(10-15(16)20(28)31)23(7-8-23)27-21(32)33-22(2,3)4/h9-10,12,17-18H,5-8,11H2,1-4H3,(H,27,32)(H,26,29,30). The van der Waals surface area contributed by atoms with E-state index < -0.39 is 41.5 Å². The summed E-state index contributed by atoms with van der Waals surface area (Å²) in [4.78, 5) is 49.9. The first kappa shape index (κ1) is 24.6. The molecule has 180 valence electrons. The van der Waals surface area contributed by atoms with Crippen molar-refractivity contribution in [2.75, 3.05) is 0 Å². The molecule has 8 nitrogen and oxygen atoms in total. The van der Waals surface area contributed by atoms with Crippen LogP contribution in [-0.4, -0.2) is 40.9 Å². The van der Waals surface area contributed by atoms with Gasteiger partial charge in [-0.25, -0.2) is 13.6 Å². The number of nitrogens with one attached hydrogen (secondary N) is 2. The smallest absolute Gasteiger partial charge is 0.408 e. The van der Waals surface area contributed by atoms with E-state index in [0.29, 0.717) is 24.8 Å². The number of carbonyl (C=O) groups excluding carboxylic acids is 4. The Hall–Kier alpha value is -3.04. The van der Waals surface area contributed by atoms with Gasteiger partial charge in [0.1, 0.15) is 11.6 Å². The van der Waals surface area contributed by atoms with Gasteiger partial charge >= 0.3 is 6.09 Å². The molecule has 0 spiro atoms. The lowest BCUT2D eigenvalue weighted by atomic mass is 9.94. The first-order valence-corrected chi connectivity index (χ1v) is 10.9. The Kier molecular flexibility index (Phi) is 6.76. The molecule has 1 aliphatic heterocycles. The van der Waals surface area contributed by atoms with Gasteiger partial charge in [-0.3, -0.25) is 19.7 Å². The van der Waals surface area contributed by atoms with Crippen molar-refractivity contribution < 1.29 is 32.7 Å². The number of ether oxygens (including phenoxy) is 1. The fourth-order valence-corrected chi connectivity index (χ4v) is 4.15. The summed E-state index contributed by atoms with van der Waals surface area (Å²) in [5.41, 5.74) is -1.26. The Labute approximate surface area is 191 Å². The molecule has 0 aromatic heterocycles. The highest BCUT2D eigenvalue weighted by Crippen LogP contribution is 2.48. The van der Waals surface area contributed by atoms with Crippen LogP contribution in [0.2, 0.25) is 0 Å². The summed E-state index contributed by atoms with van der Waals surface area (Å²) in [7, 11) is 0. The molecular weight excluding hydrogens is 436 g/mol. The molecule has 1 aromatic carbocycles. The van der Waals surface area contributed by atoms with Gasteiger partial charge in [-0.2, -0.15) is 0 Å². The van der Waals surface area contributed by atoms with Gasteiger partial charge in [0.2, 0.25) is 12.3 Å².